The Balaban J connectivity index is 2.46. The van der Waals surface area contributed by atoms with E-state index in [9.17, 15) is 9.90 Å². The number of nitrogen functional groups attached to an aromatic ring is 1. The summed E-state index contributed by atoms with van der Waals surface area (Å²) < 4.78 is 11.3. The fourth-order valence-corrected chi connectivity index (χ4v) is 2.38. The van der Waals surface area contributed by atoms with E-state index in [1.807, 2.05) is 0 Å². The molecule has 5 nitrogen and oxygen atoms in total. The zero-order chi connectivity index (χ0) is 15.6. The van der Waals surface area contributed by atoms with Crippen LogP contribution in [0.4, 0.5) is 5.69 Å². The van der Waals surface area contributed by atoms with Crippen LogP contribution in [0, 0.1) is 0 Å². The zero-order valence-corrected chi connectivity index (χ0v) is 13.2. The third kappa shape index (κ3) is 3.40. The Morgan fingerprint density at radius 2 is 2.05 bits per heavy atom. The van der Waals surface area contributed by atoms with Crippen LogP contribution in [0.2, 0.25) is 5.02 Å². The molecule has 110 valence electrons. The van der Waals surface area contributed by atoms with Crippen molar-refractivity contribution in [2.75, 3.05) is 12.8 Å². The summed E-state index contributed by atoms with van der Waals surface area (Å²) in [6, 6.07) is 7.75. The van der Waals surface area contributed by atoms with Gasteiger partial charge in [-0.1, -0.05) is 11.6 Å². The standard InChI is InChI=1S/C14H11BrClNO4/c1-20-8-2-3-12(10(15)6-8)21-13-9(14(18)19)4-7(17)5-11(13)16/h2-6H,17H2,1H3,(H,18,19). The van der Waals surface area contributed by atoms with Gasteiger partial charge in [0.05, 0.1) is 16.6 Å². The van der Waals surface area contributed by atoms with E-state index in [2.05, 4.69) is 15.9 Å². The first-order valence-corrected chi connectivity index (χ1v) is 6.93. The lowest BCUT2D eigenvalue weighted by Gasteiger charge is -2.13. The van der Waals surface area contributed by atoms with Crippen LogP contribution in [-0.4, -0.2) is 18.2 Å². The number of carboxylic acids is 1. The van der Waals surface area contributed by atoms with Gasteiger partial charge in [-0.3, -0.25) is 0 Å². The van der Waals surface area contributed by atoms with Gasteiger partial charge in [0.25, 0.3) is 0 Å². The third-order valence-corrected chi connectivity index (χ3v) is 3.55. The molecule has 7 heteroatoms. The molecular formula is C14H11BrClNO4. The molecule has 0 aliphatic rings. The second kappa shape index (κ2) is 6.24. The number of halogens is 2. The van der Waals surface area contributed by atoms with Crippen molar-refractivity contribution in [1.82, 2.24) is 0 Å². The van der Waals surface area contributed by atoms with Crippen LogP contribution in [0.15, 0.2) is 34.8 Å². The van der Waals surface area contributed by atoms with Crippen LogP contribution in [0.25, 0.3) is 0 Å². The van der Waals surface area contributed by atoms with E-state index in [-0.39, 0.29) is 22.0 Å². The molecular weight excluding hydrogens is 362 g/mol. The van der Waals surface area contributed by atoms with Gasteiger partial charge in [0.2, 0.25) is 0 Å². The average Bonchev–Trinajstić information content (AvgIpc) is 2.42. The van der Waals surface area contributed by atoms with E-state index < -0.39 is 5.97 Å². The van der Waals surface area contributed by atoms with Crippen molar-refractivity contribution in [2.24, 2.45) is 0 Å². The largest absolute Gasteiger partial charge is 0.497 e. The lowest BCUT2D eigenvalue weighted by molar-refractivity contribution is 0.0694. The molecule has 21 heavy (non-hydrogen) atoms. The predicted octanol–water partition coefficient (Wildman–Crippen LogP) is 4.18. The molecule has 0 amide bonds. The predicted molar refractivity (Wildman–Crippen MR) is 83.6 cm³/mol. The van der Waals surface area contributed by atoms with Crippen LogP contribution in [0.3, 0.4) is 0 Å². The minimum Gasteiger partial charge on any atom is -0.497 e. The van der Waals surface area contributed by atoms with Crippen molar-refractivity contribution in [3.63, 3.8) is 0 Å². The van der Waals surface area contributed by atoms with E-state index in [1.165, 1.54) is 12.1 Å². The summed E-state index contributed by atoms with van der Waals surface area (Å²) in [5, 5.41) is 9.34. The number of ether oxygens (including phenoxy) is 2. The highest BCUT2D eigenvalue weighted by molar-refractivity contribution is 9.10. The molecule has 2 aromatic carbocycles. The zero-order valence-electron chi connectivity index (χ0n) is 10.9. The first kappa shape index (κ1) is 15.5. The number of rotatable bonds is 4. The molecule has 3 N–H and O–H groups in total. The minimum atomic E-state index is -1.18. The summed E-state index contributed by atoms with van der Waals surface area (Å²) in [6.07, 6.45) is 0. The Kier molecular flexibility index (Phi) is 4.59. The molecule has 2 aromatic rings. The van der Waals surface area contributed by atoms with Gasteiger partial charge in [0, 0.05) is 5.69 Å². The topological polar surface area (TPSA) is 81.8 Å². The SMILES string of the molecule is COc1ccc(Oc2c(Cl)cc(N)cc2C(=O)O)c(Br)c1. The van der Waals surface area contributed by atoms with Gasteiger partial charge < -0.3 is 20.3 Å². The van der Waals surface area contributed by atoms with Crippen molar-refractivity contribution in [3.05, 3.63) is 45.4 Å². The van der Waals surface area contributed by atoms with Crippen LogP contribution in [0.1, 0.15) is 10.4 Å². The number of carbonyl (C=O) groups is 1. The molecule has 0 saturated heterocycles. The molecule has 0 spiro atoms. The van der Waals surface area contributed by atoms with Crippen molar-refractivity contribution >= 4 is 39.2 Å². The second-order valence-electron chi connectivity index (χ2n) is 4.08. The number of methoxy groups -OCH3 is 1. The number of hydrogen-bond acceptors (Lipinski definition) is 4. The summed E-state index contributed by atoms with van der Waals surface area (Å²) in [4.78, 5) is 11.3. The second-order valence-corrected chi connectivity index (χ2v) is 5.34. The van der Waals surface area contributed by atoms with Gasteiger partial charge in [-0.05, 0) is 46.3 Å². The molecule has 0 heterocycles. The molecule has 0 aliphatic heterocycles. The van der Waals surface area contributed by atoms with Crippen LogP contribution in [-0.2, 0) is 0 Å². The van der Waals surface area contributed by atoms with Gasteiger partial charge >= 0.3 is 5.97 Å². The third-order valence-electron chi connectivity index (χ3n) is 2.65. The van der Waals surface area contributed by atoms with Crippen molar-refractivity contribution in [3.8, 4) is 17.2 Å². The fourth-order valence-electron chi connectivity index (χ4n) is 1.68. The van der Waals surface area contributed by atoms with Crippen LogP contribution < -0.4 is 15.2 Å². The van der Waals surface area contributed by atoms with Crippen LogP contribution in [0.5, 0.6) is 17.2 Å². The molecule has 0 saturated carbocycles. The number of carboxylic acid groups (broad SMARTS) is 1. The monoisotopic (exact) mass is 371 g/mol. The lowest BCUT2D eigenvalue weighted by atomic mass is 10.2. The molecule has 0 aliphatic carbocycles. The minimum absolute atomic E-state index is 0.0317. The summed E-state index contributed by atoms with van der Waals surface area (Å²) in [5.41, 5.74) is 5.74. The Hall–Kier alpha value is -1.92. The Morgan fingerprint density at radius 1 is 1.33 bits per heavy atom. The number of anilines is 1. The Labute approximate surface area is 134 Å². The highest BCUT2D eigenvalue weighted by Crippen LogP contribution is 2.38. The highest BCUT2D eigenvalue weighted by Gasteiger charge is 2.18. The van der Waals surface area contributed by atoms with Gasteiger partial charge in [0.15, 0.2) is 5.75 Å². The average molecular weight is 373 g/mol. The first-order valence-electron chi connectivity index (χ1n) is 5.76. The summed E-state index contributed by atoms with van der Waals surface area (Å²) >= 11 is 9.36. The summed E-state index contributed by atoms with van der Waals surface area (Å²) in [6.45, 7) is 0. The molecule has 0 radical (unpaired) electrons. The van der Waals surface area contributed by atoms with Gasteiger partial charge in [-0.25, -0.2) is 4.79 Å². The number of benzene rings is 2. The van der Waals surface area contributed by atoms with E-state index in [0.29, 0.717) is 16.0 Å². The van der Waals surface area contributed by atoms with E-state index >= 15 is 0 Å². The summed E-state index contributed by atoms with van der Waals surface area (Å²) in [5.74, 6) is -0.103. The van der Waals surface area contributed by atoms with Gasteiger partial charge in [-0.15, -0.1) is 0 Å². The Morgan fingerprint density at radius 3 is 2.62 bits per heavy atom. The fraction of sp³-hybridized carbons (Fsp3) is 0.0714. The normalized spacial score (nSPS) is 10.2. The van der Waals surface area contributed by atoms with Gasteiger partial charge in [0.1, 0.15) is 17.1 Å². The maximum atomic E-state index is 11.3. The number of hydrogen-bond donors (Lipinski definition) is 2. The van der Waals surface area contributed by atoms with Crippen LogP contribution >= 0.6 is 27.5 Å². The smallest absolute Gasteiger partial charge is 0.339 e. The molecule has 0 fully saturated rings. The van der Waals surface area contributed by atoms with Crippen molar-refractivity contribution < 1.29 is 19.4 Å². The number of nitrogens with two attached hydrogens (primary N) is 1. The number of aromatic carboxylic acids is 1. The Bertz CT molecular complexity index is 706. The lowest BCUT2D eigenvalue weighted by Crippen LogP contribution is -2.02. The quantitative estimate of drug-likeness (QED) is 0.787. The molecule has 2 rings (SSSR count). The van der Waals surface area contributed by atoms with E-state index in [1.54, 1.807) is 25.3 Å². The maximum Gasteiger partial charge on any atom is 0.339 e. The summed E-state index contributed by atoms with van der Waals surface area (Å²) in [7, 11) is 1.54. The highest BCUT2D eigenvalue weighted by atomic mass is 79.9. The molecule has 0 bridgehead atoms. The first-order chi connectivity index (χ1) is 9.92. The van der Waals surface area contributed by atoms with Crippen molar-refractivity contribution in [1.29, 1.82) is 0 Å². The van der Waals surface area contributed by atoms with Crippen molar-refractivity contribution in [2.45, 2.75) is 0 Å². The van der Waals surface area contributed by atoms with Gasteiger partial charge in [-0.2, -0.15) is 0 Å². The molecule has 0 unspecified atom stereocenters. The maximum absolute atomic E-state index is 11.3. The van der Waals surface area contributed by atoms with E-state index in [0.717, 1.165) is 0 Å². The molecule has 0 atom stereocenters. The van der Waals surface area contributed by atoms with E-state index in [4.69, 9.17) is 26.8 Å². The molecule has 0 aromatic heterocycles.